The number of fused-ring (bicyclic) bond motifs is 1. The first-order valence-corrected chi connectivity index (χ1v) is 7.27. The van der Waals surface area contributed by atoms with Gasteiger partial charge < -0.3 is 15.6 Å². The van der Waals surface area contributed by atoms with E-state index in [1.807, 2.05) is 30.8 Å². The largest absolute Gasteiger partial charge is 0.397 e. The minimum atomic E-state index is -0.196. The first kappa shape index (κ1) is 13.6. The molecule has 21 heavy (non-hydrogen) atoms. The summed E-state index contributed by atoms with van der Waals surface area (Å²) in [6, 6.07) is 1.89. The lowest BCUT2D eigenvalue weighted by Crippen LogP contribution is -2.24. The number of imidazole rings is 1. The Morgan fingerprint density at radius 1 is 1.43 bits per heavy atom. The molecule has 1 amide bonds. The highest BCUT2D eigenvalue weighted by Crippen LogP contribution is 2.34. The molecule has 7 heteroatoms. The van der Waals surface area contributed by atoms with Crippen molar-refractivity contribution in [3.63, 3.8) is 0 Å². The lowest BCUT2D eigenvalue weighted by molar-refractivity contribution is 0.0954. The molecular formula is C14H15N5OS. The Morgan fingerprint density at radius 2 is 2.24 bits per heavy atom. The van der Waals surface area contributed by atoms with Gasteiger partial charge in [0.1, 0.15) is 15.5 Å². The van der Waals surface area contributed by atoms with E-state index in [9.17, 15) is 4.79 Å². The summed E-state index contributed by atoms with van der Waals surface area (Å²) in [6.07, 6.45) is 5.26. The van der Waals surface area contributed by atoms with Gasteiger partial charge in [0, 0.05) is 31.0 Å². The number of hydrogen-bond acceptors (Lipinski definition) is 5. The molecule has 0 bridgehead atoms. The number of aryl methyl sites for hydroxylation is 2. The van der Waals surface area contributed by atoms with Crippen LogP contribution in [0.15, 0.2) is 24.7 Å². The molecule has 3 aromatic rings. The molecule has 6 nitrogen and oxygen atoms in total. The first-order chi connectivity index (χ1) is 10.1. The maximum atomic E-state index is 12.3. The van der Waals surface area contributed by atoms with E-state index >= 15 is 0 Å². The quantitative estimate of drug-likeness (QED) is 0.773. The predicted molar refractivity (Wildman–Crippen MR) is 83.1 cm³/mol. The Bertz CT molecular complexity index is 820. The van der Waals surface area contributed by atoms with Crippen molar-refractivity contribution in [3.05, 3.63) is 40.9 Å². The van der Waals surface area contributed by atoms with Gasteiger partial charge in [0.25, 0.3) is 5.91 Å². The van der Waals surface area contributed by atoms with Gasteiger partial charge in [-0.3, -0.25) is 4.79 Å². The van der Waals surface area contributed by atoms with Crippen LogP contribution in [0.1, 0.15) is 21.1 Å². The van der Waals surface area contributed by atoms with E-state index in [2.05, 4.69) is 15.3 Å². The fourth-order valence-corrected chi connectivity index (χ4v) is 3.24. The summed E-state index contributed by atoms with van der Waals surface area (Å²) < 4.78 is 1.86. The van der Waals surface area contributed by atoms with Crippen molar-refractivity contribution in [2.75, 3.05) is 5.73 Å². The normalized spacial score (nSPS) is 11.0. The fraction of sp³-hybridized carbons (Fsp3) is 0.214. The third-order valence-corrected chi connectivity index (χ3v) is 4.48. The van der Waals surface area contributed by atoms with Crippen LogP contribution in [0.5, 0.6) is 0 Å². The van der Waals surface area contributed by atoms with E-state index in [4.69, 9.17) is 5.73 Å². The number of nitrogens with one attached hydrogen (secondary N) is 1. The lowest BCUT2D eigenvalue weighted by Gasteiger charge is -2.04. The van der Waals surface area contributed by atoms with E-state index in [0.29, 0.717) is 17.1 Å². The number of carbonyl (C=O) groups excluding carboxylic acids is 1. The van der Waals surface area contributed by atoms with Crippen LogP contribution in [0.3, 0.4) is 0 Å². The average Bonchev–Trinajstić information content (AvgIpc) is 3.01. The van der Waals surface area contributed by atoms with E-state index in [1.165, 1.54) is 11.3 Å². The Hall–Kier alpha value is -2.41. The lowest BCUT2D eigenvalue weighted by atomic mass is 10.2. The van der Waals surface area contributed by atoms with Crippen LogP contribution in [-0.2, 0) is 13.6 Å². The van der Waals surface area contributed by atoms with E-state index in [1.54, 1.807) is 12.4 Å². The Morgan fingerprint density at radius 3 is 2.90 bits per heavy atom. The molecule has 3 heterocycles. The number of carbonyl (C=O) groups is 1. The smallest absolute Gasteiger partial charge is 0.263 e. The molecule has 0 saturated carbocycles. The molecule has 0 aromatic carbocycles. The summed E-state index contributed by atoms with van der Waals surface area (Å²) in [5, 5.41) is 3.71. The molecule has 0 aliphatic carbocycles. The van der Waals surface area contributed by atoms with Gasteiger partial charge in [0.2, 0.25) is 0 Å². The van der Waals surface area contributed by atoms with Crippen molar-refractivity contribution in [2.45, 2.75) is 13.5 Å². The second-order valence-electron chi connectivity index (χ2n) is 4.79. The second-order valence-corrected chi connectivity index (χ2v) is 5.79. The van der Waals surface area contributed by atoms with Gasteiger partial charge in [-0.25, -0.2) is 9.97 Å². The summed E-state index contributed by atoms with van der Waals surface area (Å²) >= 11 is 1.31. The van der Waals surface area contributed by atoms with Crippen LogP contribution in [0.25, 0.3) is 10.2 Å². The highest BCUT2D eigenvalue weighted by Gasteiger charge is 2.18. The van der Waals surface area contributed by atoms with Gasteiger partial charge in [0.15, 0.2) is 0 Å². The highest BCUT2D eigenvalue weighted by molar-refractivity contribution is 7.21. The molecule has 0 saturated heterocycles. The van der Waals surface area contributed by atoms with Gasteiger partial charge in [-0.05, 0) is 18.6 Å². The number of aromatic nitrogens is 3. The summed E-state index contributed by atoms with van der Waals surface area (Å²) in [7, 11) is 1.88. The molecule has 0 fully saturated rings. The van der Waals surface area contributed by atoms with Crippen LogP contribution in [-0.4, -0.2) is 20.4 Å². The van der Waals surface area contributed by atoms with E-state index in [-0.39, 0.29) is 5.91 Å². The van der Waals surface area contributed by atoms with Crippen molar-refractivity contribution in [2.24, 2.45) is 7.05 Å². The fourth-order valence-electron chi connectivity index (χ4n) is 2.18. The van der Waals surface area contributed by atoms with Gasteiger partial charge in [-0.1, -0.05) is 0 Å². The number of anilines is 1. The number of nitrogens with two attached hydrogens (primary N) is 1. The topological polar surface area (TPSA) is 85.8 Å². The third kappa shape index (κ3) is 2.36. The number of hydrogen-bond donors (Lipinski definition) is 2. The number of pyridine rings is 1. The Labute approximate surface area is 125 Å². The zero-order valence-electron chi connectivity index (χ0n) is 11.8. The van der Waals surface area contributed by atoms with Crippen molar-refractivity contribution in [3.8, 4) is 0 Å². The summed E-state index contributed by atoms with van der Waals surface area (Å²) in [5.41, 5.74) is 7.63. The number of thiophene rings is 1. The third-order valence-electron chi connectivity index (χ3n) is 3.37. The van der Waals surface area contributed by atoms with E-state index < -0.39 is 0 Å². The molecule has 0 atom stereocenters. The molecule has 0 radical (unpaired) electrons. The number of nitrogen functional groups attached to an aromatic ring is 1. The van der Waals surface area contributed by atoms with Crippen molar-refractivity contribution < 1.29 is 4.79 Å². The number of rotatable bonds is 3. The van der Waals surface area contributed by atoms with Crippen molar-refractivity contribution in [1.82, 2.24) is 19.9 Å². The molecule has 3 rings (SSSR count). The monoisotopic (exact) mass is 301 g/mol. The minimum absolute atomic E-state index is 0.196. The molecule has 0 aliphatic heterocycles. The van der Waals surface area contributed by atoms with Crippen LogP contribution >= 0.6 is 11.3 Å². The Kier molecular flexibility index (Phi) is 3.34. The van der Waals surface area contributed by atoms with Crippen LogP contribution in [0, 0.1) is 6.92 Å². The highest BCUT2D eigenvalue weighted by atomic mass is 32.1. The maximum Gasteiger partial charge on any atom is 0.263 e. The number of amides is 1. The molecule has 3 aromatic heterocycles. The standard InChI is InChI=1S/C14H15N5OS/c1-8-3-4-17-14-10(8)11(15)12(21-14)13(20)18-7-9-16-5-6-19(9)2/h3-6H,7,15H2,1-2H3,(H,18,20). The average molecular weight is 301 g/mol. The van der Waals surface area contributed by atoms with Gasteiger partial charge in [0.05, 0.1) is 12.2 Å². The van der Waals surface area contributed by atoms with Gasteiger partial charge in [-0.2, -0.15) is 0 Å². The van der Waals surface area contributed by atoms with Crippen LogP contribution in [0.4, 0.5) is 5.69 Å². The summed E-state index contributed by atoms with van der Waals surface area (Å²) in [6.45, 7) is 2.32. The maximum absolute atomic E-state index is 12.3. The molecule has 0 unspecified atom stereocenters. The SMILES string of the molecule is Cc1ccnc2sc(C(=O)NCc3nccn3C)c(N)c12. The zero-order valence-corrected chi connectivity index (χ0v) is 12.6. The minimum Gasteiger partial charge on any atom is -0.397 e. The van der Waals surface area contributed by atoms with E-state index in [0.717, 1.165) is 21.6 Å². The van der Waals surface area contributed by atoms with Gasteiger partial charge >= 0.3 is 0 Å². The van der Waals surface area contributed by atoms with Gasteiger partial charge in [-0.15, -0.1) is 11.3 Å². The molecule has 108 valence electrons. The van der Waals surface area contributed by atoms with Crippen LogP contribution < -0.4 is 11.1 Å². The number of nitrogens with zero attached hydrogens (tertiary/aromatic N) is 3. The van der Waals surface area contributed by atoms with Crippen LogP contribution in [0.2, 0.25) is 0 Å². The molecule has 0 spiro atoms. The summed E-state index contributed by atoms with van der Waals surface area (Å²) in [4.78, 5) is 22.0. The summed E-state index contributed by atoms with van der Waals surface area (Å²) in [5.74, 6) is 0.593. The first-order valence-electron chi connectivity index (χ1n) is 6.46. The Balaban J connectivity index is 1.87. The zero-order chi connectivity index (χ0) is 15.0. The molecule has 0 aliphatic rings. The predicted octanol–water partition coefficient (Wildman–Crippen LogP) is 1.85. The molecular weight excluding hydrogens is 286 g/mol. The molecule has 3 N–H and O–H groups in total. The van der Waals surface area contributed by atoms with Crippen molar-refractivity contribution in [1.29, 1.82) is 0 Å². The second kappa shape index (κ2) is 5.17. The van der Waals surface area contributed by atoms with Crippen molar-refractivity contribution >= 4 is 33.1 Å².